The Morgan fingerprint density at radius 3 is 2.62 bits per heavy atom. The van der Waals surface area contributed by atoms with E-state index >= 15 is 0 Å². The van der Waals surface area contributed by atoms with Gasteiger partial charge in [-0.2, -0.15) is 0 Å². The Bertz CT molecular complexity index is 682. The van der Waals surface area contributed by atoms with E-state index < -0.39 is 0 Å². The van der Waals surface area contributed by atoms with Crippen LogP contribution in [0.3, 0.4) is 0 Å². The van der Waals surface area contributed by atoms with Crippen molar-refractivity contribution in [2.75, 3.05) is 20.7 Å². The molecule has 0 radical (unpaired) electrons. The standard InChI is InChI=1S/C20H27N3O/c1-15-8-7-10-17(12-15)16(2)13-22-20(21-3)23-14-18-9-5-6-11-19(18)24-4/h5-12,16H,13-14H2,1-4H3,(H2,21,22,23). The molecule has 24 heavy (non-hydrogen) atoms. The predicted molar refractivity (Wildman–Crippen MR) is 101 cm³/mol. The van der Waals surface area contributed by atoms with Gasteiger partial charge in [-0.05, 0) is 24.5 Å². The average molecular weight is 325 g/mol. The zero-order valence-corrected chi connectivity index (χ0v) is 15.0. The maximum absolute atomic E-state index is 5.38. The van der Waals surface area contributed by atoms with Crippen LogP contribution in [0.5, 0.6) is 5.75 Å². The monoisotopic (exact) mass is 325 g/mol. The van der Waals surface area contributed by atoms with Crippen molar-refractivity contribution in [1.82, 2.24) is 10.6 Å². The topological polar surface area (TPSA) is 45.7 Å². The molecule has 0 bridgehead atoms. The molecule has 2 rings (SSSR count). The number of nitrogens with zero attached hydrogens (tertiary/aromatic N) is 1. The Hall–Kier alpha value is -2.49. The Morgan fingerprint density at radius 1 is 1.12 bits per heavy atom. The van der Waals surface area contributed by atoms with Crippen molar-refractivity contribution in [3.05, 3.63) is 65.2 Å². The Labute approximate surface area is 145 Å². The van der Waals surface area contributed by atoms with E-state index in [1.807, 2.05) is 18.2 Å². The van der Waals surface area contributed by atoms with Gasteiger partial charge in [0.1, 0.15) is 5.75 Å². The van der Waals surface area contributed by atoms with Crippen LogP contribution in [0, 0.1) is 6.92 Å². The summed E-state index contributed by atoms with van der Waals surface area (Å²) in [5, 5.41) is 6.73. The van der Waals surface area contributed by atoms with Crippen molar-refractivity contribution in [3.8, 4) is 5.75 Å². The third-order valence-corrected chi connectivity index (χ3v) is 4.05. The maximum Gasteiger partial charge on any atom is 0.191 e. The number of para-hydroxylation sites is 1. The Kier molecular flexibility index (Phi) is 6.67. The van der Waals surface area contributed by atoms with Crippen LogP contribution in [-0.2, 0) is 6.54 Å². The molecule has 1 unspecified atom stereocenters. The quantitative estimate of drug-likeness (QED) is 0.631. The average Bonchev–Trinajstić information content (AvgIpc) is 2.62. The molecule has 4 heteroatoms. The van der Waals surface area contributed by atoms with Crippen LogP contribution in [0.2, 0.25) is 0 Å². The lowest BCUT2D eigenvalue weighted by Crippen LogP contribution is -2.38. The van der Waals surface area contributed by atoms with Gasteiger partial charge in [0.15, 0.2) is 5.96 Å². The van der Waals surface area contributed by atoms with Crippen LogP contribution in [0.1, 0.15) is 29.5 Å². The van der Waals surface area contributed by atoms with Gasteiger partial charge in [0.25, 0.3) is 0 Å². The van der Waals surface area contributed by atoms with Crippen LogP contribution in [0.25, 0.3) is 0 Å². The number of aliphatic imine (C=N–C) groups is 1. The second kappa shape index (κ2) is 8.96. The molecule has 128 valence electrons. The van der Waals surface area contributed by atoms with Gasteiger partial charge in [0, 0.05) is 25.7 Å². The summed E-state index contributed by atoms with van der Waals surface area (Å²) in [6.07, 6.45) is 0. The number of benzene rings is 2. The van der Waals surface area contributed by atoms with Crippen LogP contribution in [-0.4, -0.2) is 26.7 Å². The lowest BCUT2D eigenvalue weighted by Gasteiger charge is -2.17. The largest absolute Gasteiger partial charge is 0.496 e. The third kappa shape index (κ3) is 5.01. The summed E-state index contributed by atoms with van der Waals surface area (Å²) in [5.74, 6) is 2.09. The minimum atomic E-state index is 0.412. The van der Waals surface area contributed by atoms with E-state index in [2.05, 4.69) is 59.8 Å². The fourth-order valence-electron chi connectivity index (χ4n) is 2.59. The minimum absolute atomic E-state index is 0.412. The van der Waals surface area contributed by atoms with Gasteiger partial charge in [-0.25, -0.2) is 0 Å². The zero-order valence-electron chi connectivity index (χ0n) is 15.0. The maximum atomic E-state index is 5.38. The lowest BCUT2D eigenvalue weighted by atomic mass is 9.99. The summed E-state index contributed by atoms with van der Waals surface area (Å²) < 4.78 is 5.38. The van der Waals surface area contributed by atoms with E-state index in [1.165, 1.54) is 11.1 Å². The highest BCUT2D eigenvalue weighted by atomic mass is 16.5. The number of hydrogen-bond donors (Lipinski definition) is 2. The molecule has 0 amide bonds. The van der Waals surface area contributed by atoms with Gasteiger partial charge in [0.2, 0.25) is 0 Å². The van der Waals surface area contributed by atoms with Crippen molar-refractivity contribution in [3.63, 3.8) is 0 Å². The molecule has 2 aromatic rings. The van der Waals surface area contributed by atoms with E-state index in [4.69, 9.17) is 4.74 Å². The number of nitrogens with one attached hydrogen (secondary N) is 2. The Balaban J connectivity index is 1.88. The minimum Gasteiger partial charge on any atom is -0.496 e. The molecule has 0 heterocycles. The van der Waals surface area contributed by atoms with E-state index in [1.54, 1.807) is 14.2 Å². The van der Waals surface area contributed by atoms with E-state index in [9.17, 15) is 0 Å². The molecule has 2 N–H and O–H groups in total. The van der Waals surface area contributed by atoms with Gasteiger partial charge < -0.3 is 15.4 Å². The number of guanidine groups is 1. The van der Waals surface area contributed by atoms with Crippen LogP contribution in [0.4, 0.5) is 0 Å². The molecule has 0 aliphatic carbocycles. The summed E-state index contributed by atoms with van der Waals surface area (Å²) in [6.45, 7) is 5.84. The van der Waals surface area contributed by atoms with Gasteiger partial charge in [-0.1, -0.05) is 55.0 Å². The molecule has 0 spiro atoms. The highest BCUT2D eigenvalue weighted by Crippen LogP contribution is 2.17. The van der Waals surface area contributed by atoms with Crippen LogP contribution < -0.4 is 15.4 Å². The molecule has 0 aromatic heterocycles. The van der Waals surface area contributed by atoms with Gasteiger partial charge >= 0.3 is 0 Å². The summed E-state index contributed by atoms with van der Waals surface area (Å²) in [7, 11) is 3.48. The number of aryl methyl sites for hydroxylation is 1. The van der Waals surface area contributed by atoms with Crippen LogP contribution >= 0.6 is 0 Å². The first-order valence-corrected chi connectivity index (χ1v) is 8.27. The summed E-state index contributed by atoms with van der Waals surface area (Å²) in [4.78, 5) is 4.30. The summed E-state index contributed by atoms with van der Waals surface area (Å²) in [6, 6.07) is 16.6. The number of ether oxygens (including phenoxy) is 1. The molecule has 0 saturated carbocycles. The fourth-order valence-corrected chi connectivity index (χ4v) is 2.59. The summed E-state index contributed by atoms with van der Waals surface area (Å²) >= 11 is 0. The molecule has 1 atom stereocenters. The second-order valence-electron chi connectivity index (χ2n) is 5.93. The normalized spacial score (nSPS) is 12.6. The molecule has 0 aliphatic rings. The smallest absolute Gasteiger partial charge is 0.191 e. The molecule has 0 fully saturated rings. The van der Waals surface area contributed by atoms with Crippen LogP contribution in [0.15, 0.2) is 53.5 Å². The second-order valence-corrected chi connectivity index (χ2v) is 5.93. The fraction of sp³-hybridized carbons (Fsp3) is 0.350. The SMILES string of the molecule is CN=C(NCc1ccccc1OC)NCC(C)c1cccc(C)c1. The molecule has 2 aromatic carbocycles. The first-order valence-electron chi connectivity index (χ1n) is 8.27. The number of methoxy groups -OCH3 is 1. The highest BCUT2D eigenvalue weighted by molar-refractivity contribution is 5.79. The molecule has 0 aliphatic heterocycles. The van der Waals surface area contributed by atoms with Crippen molar-refractivity contribution in [2.24, 2.45) is 4.99 Å². The highest BCUT2D eigenvalue weighted by Gasteiger charge is 2.08. The molecule has 0 saturated heterocycles. The predicted octanol–water partition coefficient (Wildman–Crippen LogP) is 3.47. The van der Waals surface area contributed by atoms with Crippen molar-refractivity contribution in [2.45, 2.75) is 26.3 Å². The summed E-state index contributed by atoms with van der Waals surface area (Å²) in [5.41, 5.74) is 3.73. The molecular weight excluding hydrogens is 298 g/mol. The third-order valence-electron chi connectivity index (χ3n) is 4.05. The molecular formula is C20H27N3O. The van der Waals surface area contributed by atoms with Gasteiger partial charge in [-0.15, -0.1) is 0 Å². The van der Waals surface area contributed by atoms with E-state index in [0.717, 1.165) is 23.8 Å². The van der Waals surface area contributed by atoms with Crippen molar-refractivity contribution < 1.29 is 4.74 Å². The van der Waals surface area contributed by atoms with Crippen molar-refractivity contribution >= 4 is 5.96 Å². The van der Waals surface area contributed by atoms with Gasteiger partial charge in [0.05, 0.1) is 7.11 Å². The Morgan fingerprint density at radius 2 is 1.92 bits per heavy atom. The zero-order chi connectivity index (χ0) is 17.4. The number of rotatable bonds is 6. The van der Waals surface area contributed by atoms with Gasteiger partial charge in [-0.3, -0.25) is 4.99 Å². The van der Waals surface area contributed by atoms with E-state index in [0.29, 0.717) is 12.5 Å². The molecule has 4 nitrogen and oxygen atoms in total. The van der Waals surface area contributed by atoms with Crippen molar-refractivity contribution in [1.29, 1.82) is 0 Å². The number of hydrogen-bond acceptors (Lipinski definition) is 2. The first-order chi connectivity index (χ1) is 11.6. The van der Waals surface area contributed by atoms with E-state index in [-0.39, 0.29) is 0 Å². The first kappa shape index (κ1) is 17.9. The lowest BCUT2D eigenvalue weighted by molar-refractivity contribution is 0.409.